The zero-order valence-corrected chi connectivity index (χ0v) is 17.8. The van der Waals surface area contributed by atoms with Crippen LogP contribution in [0.4, 0.5) is 18.9 Å². The average Bonchev–Trinajstić information content (AvgIpc) is 3.27. The third kappa shape index (κ3) is 5.08. The van der Waals surface area contributed by atoms with Crippen LogP contribution in [0.15, 0.2) is 54.6 Å². The van der Waals surface area contributed by atoms with E-state index in [1.807, 2.05) is 12.1 Å². The molecule has 1 aliphatic carbocycles. The predicted molar refractivity (Wildman–Crippen MR) is 120 cm³/mol. The highest BCUT2D eigenvalue weighted by Gasteiger charge is 2.36. The number of halogens is 3. The van der Waals surface area contributed by atoms with Crippen LogP contribution in [0.25, 0.3) is 5.69 Å². The number of carbonyl (C=O) groups excluding carboxylic acids is 1. The third-order valence-electron chi connectivity index (χ3n) is 5.88. The first-order valence-corrected chi connectivity index (χ1v) is 10.8. The number of amidine groups is 1. The number of nitrogen functional groups attached to an aromatic ring is 1. The highest BCUT2D eigenvalue weighted by atomic mass is 19.4. The summed E-state index contributed by atoms with van der Waals surface area (Å²) in [5, 5.41) is 13.8. The molecule has 2 aromatic carbocycles. The molecular weight excluding hydrogens is 431 g/mol. The molecule has 4 N–H and O–H groups in total. The molecule has 1 saturated carbocycles. The fraction of sp³-hybridized carbons (Fsp3) is 0.292. The van der Waals surface area contributed by atoms with Gasteiger partial charge < -0.3 is 11.1 Å². The van der Waals surface area contributed by atoms with Crippen molar-refractivity contribution in [3.05, 3.63) is 77.1 Å². The van der Waals surface area contributed by atoms with Crippen LogP contribution in [0, 0.1) is 5.41 Å². The summed E-state index contributed by atoms with van der Waals surface area (Å²) in [5.74, 6) is -0.464. The molecular formula is C24H24F3N5O. The van der Waals surface area contributed by atoms with Gasteiger partial charge in [0.25, 0.3) is 5.91 Å². The number of benzene rings is 2. The summed E-state index contributed by atoms with van der Waals surface area (Å²) in [4.78, 5) is 12.9. The zero-order chi connectivity index (χ0) is 23.6. The summed E-state index contributed by atoms with van der Waals surface area (Å²) < 4.78 is 41.0. The fourth-order valence-corrected chi connectivity index (χ4v) is 4.15. The molecule has 1 amide bonds. The Bertz CT molecular complexity index is 1160. The zero-order valence-electron chi connectivity index (χ0n) is 17.8. The normalized spacial score (nSPS) is 14.8. The Morgan fingerprint density at radius 2 is 1.76 bits per heavy atom. The van der Waals surface area contributed by atoms with E-state index >= 15 is 0 Å². The second kappa shape index (κ2) is 9.09. The van der Waals surface area contributed by atoms with Crippen LogP contribution in [0.2, 0.25) is 0 Å². The molecule has 1 fully saturated rings. The van der Waals surface area contributed by atoms with Gasteiger partial charge in [0.05, 0.1) is 5.69 Å². The van der Waals surface area contributed by atoms with Crippen molar-refractivity contribution in [2.45, 2.75) is 44.2 Å². The number of rotatable bonds is 5. The minimum atomic E-state index is -4.72. The molecule has 1 heterocycles. The van der Waals surface area contributed by atoms with Crippen molar-refractivity contribution in [3.63, 3.8) is 0 Å². The molecule has 172 valence electrons. The fourth-order valence-electron chi connectivity index (χ4n) is 4.15. The summed E-state index contributed by atoms with van der Waals surface area (Å²) in [5.41, 5.74) is 6.22. The Labute approximate surface area is 189 Å². The maximum Gasteiger partial charge on any atom is 0.435 e. The first-order valence-electron chi connectivity index (χ1n) is 10.8. The molecule has 0 unspecified atom stereocenters. The van der Waals surface area contributed by atoms with Crippen LogP contribution in [-0.4, -0.2) is 21.5 Å². The second-order valence-electron chi connectivity index (χ2n) is 8.20. The standard InChI is InChI=1S/C24H24F3N5O/c25-24(26,27)21-14-20(32(31-21)19-8-4-7-17(13-19)22(28)29)23(33)30-18-11-9-16(10-12-18)15-5-2-1-3-6-15/h4,7-15H,1-3,5-6H2,(H3,28,29)(H,30,33). The van der Waals surface area contributed by atoms with Gasteiger partial charge in [-0.05, 0) is 48.6 Å². The minimum absolute atomic E-state index is 0.191. The molecule has 1 aliphatic rings. The summed E-state index contributed by atoms with van der Waals surface area (Å²) in [6.07, 6.45) is 1.24. The van der Waals surface area contributed by atoms with Gasteiger partial charge in [-0.3, -0.25) is 10.2 Å². The van der Waals surface area contributed by atoms with Crippen LogP contribution < -0.4 is 11.1 Å². The van der Waals surface area contributed by atoms with Gasteiger partial charge in [-0.2, -0.15) is 18.3 Å². The topological polar surface area (TPSA) is 96.8 Å². The van der Waals surface area contributed by atoms with Crippen LogP contribution in [0.1, 0.15) is 65.3 Å². The number of nitrogens with two attached hydrogens (primary N) is 1. The number of amides is 1. The quantitative estimate of drug-likeness (QED) is 0.351. The van der Waals surface area contributed by atoms with Crippen molar-refractivity contribution in [3.8, 4) is 5.69 Å². The molecule has 4 rings (SSSR count). The Morgan fingerprint density at radius 1 is 1.06 bits per heavy atom. The van der Waals surface area contributed by atoms with E-state index in [0.29, 0.717) is 23.2 Å². The summed E-state index contributed by atoms with van der Waals surface area (Å²) in [7, 11) is 0. The number of anilines is 1. The van der Waals surface area contributed by atoms with E-state index in [1.165, 1.54) is 43.0 Å². The third-order valence-corrected chi connectivity index (χ3v) is 5.88. The van der Waals surface area contributed by atoms with Crippen molar-refractivity contribution < 1.29 is 18.0 Å². The molecule has 3 aromatic rings. The lowest BCUT2D eigenvalue weighted by molar-refractivity contribution is -0.141. The van der Waals surface area contributed by atoms with Gasteiger partial charge in [0.15, 0.2) is 5.69 Å². The van der Waals surface area contributed by atoms with E-state index in [1.54, 1.807) is 18.2 Å². The first kappa shape index (κ1) is 22.6. The molecule has 0 spiro atoms. The number of hydrogen-bond donors (Lipinski definition) is 3. The monoisotopic (exact) mass is 455 g/mol. The average molecular weight is 455 g/mol. The van der Waals surface area contributed by atoms with Gasteiger partial charge in [0, 0.05) is 17.3 Å². The van der Waals surface area contributed by atoms with Crippen LogP contribution >= 0.6 is 0 Å². The largest absolute Gasteiger partial charge is 0.435 e. The van der Waals surface area contributed by atoms with E-state index in [9.17, 15) is 18.0 Å². The second-order valence-corrected chi connectivity index (χ2v) is 8.20. The van der Waals surface area contributed by atoms with E-state index in [2.05, 4.69) is 10.4 Å². The van der Waals surface area contributed by atoms with E-state index in [0.717, 1.165) is 17.5 Å². The van der Waals surface area contributed by atoms with E-state index in [-0.39, 0.29) is 17.2 Å². The lowest BCUT2D eigenvalue weighted by Crippen LogP contribution is -2.18. The molecule has 0 atom stereocenters. The number of hydrogen-bond acceptors (Lipinski definition) is 3. The maximum atomic E-state index is 13.4. The van der Waals surface area contributed by atoms with Gasteiger partial charge in [-0.25, -0.2) is 4.68 Å². The summed E-state index contributed by atoms with van der Waals surface area (Å²) in [6, 6.07) is 14.2. The van der Waals surface area contributed by atoms with Gasteiger partial charge in [-0.1, -0.05) is 43.5 Å². The summed E-state index contributed by atoms with van der Waals surface area (Å²) in [6.45, 7) is 0. The molecule has 0 bridgehead atoms. The van der Waals surface area contributed by atoms with E-state index < -0.39 is 17.8 Å². The van der Waals surface area contributed by atoms with Crippen LogP contribution in [-0.2, 0) is 6.18 Å². The Kier molecular flexibility index (Phi) is 6.22. The van der Waals surface area contributed by atoms with E-state index in [4.69, 9.17) is 11.1 Å². The number of aromatic nitrogens is 2. The van der Waals surface area contributed by atoms with Crippen molar-refractivity contribution >= 4 is 17.4 Å². The number of nitrogens with zero attached hydrogens (tertiary/aromatic N) is 2. The molecule has 9 heteroatoms. The summed E-state index contributed by atoms with van der Waals surface area (Å²) >= 11 is 0. The van der Waals surface area contributed by atoms with Gasteiger partial charge in [0.2, 0.25) is 0 Å². The molecule has 6 nitrogen and oxygen atoms in total. The lowest BCUT2D eigenvalue weighted by atomic mass is 9.84. The number of alkyl halides is 3. The SMILES string of the molecule is N=C(N)c1cccc(-n2nc(C(F)(F)F)cc2C(=O)Nc2ccc(C3CCCCC3)cc2)c1. The molecule has 0 saturated heterocycles. The number of carbonyl (C=O) groups is 1. The number of nitrogens with one attached hydrogen (secondary N) is 2. The minimum Gasteiger partial charge on any atom is -0.384 e. The van der Waals surface area contributed by atoms with Crippen LogP contribution in [0.5, 0.6) is 0 Å². The smallest absolute Gasteiger partial charge is 0.384 e. The molecule has 0 radical (unpaired) electrons. The van der Waals surface area contributed by atoms with Crippen molar-refractivity contribution in [2.24, 2.45) is 5.73 Å². The predicted octanol–water partition coefficient (Wildman–Crippen LogP) is 5.48. The Morgan fingerprint density at radius 3 is 2.39 bits per heavy atom. The Hall–Kier alpha value is -3.62. The molecule has 33 heavy (non-hydrogen) atoms. The van der Waals surface area contributed by atoms with Crippen LogP contribution in [0.3, 0.4) is 0 Å². The Balaban J connectivity index is 1.62. The molecule has 1 aromatic heterocycles. The van der Waals surface area contributed by atoms with Crippen molar-refractivity contribution in [1.29, 1.82) is 5.41 Å². The highest BCUT2D eigenvalue weighted by molar-refractivity contribution is 6.03. The van der Waals surface area contributed by atoms with Crippen molar-refractivity contribution in [1.82, 2.24) is 9.78 Å². The maximum absolute atomic E-state index is 13.4. The van der Waals surface area contributed by atoms with Gasteiger partial charge >= 0.3 is 6.18 Å². The van der Waals surface area contributed by atoms with Crippen molar-refractivity contribution in [2.75, 3.05) is 5.32 Å². The lowest BCUT2D eigenvalue weighted by Gasteiger charge is -2.22. The van der Waals surface area contributed by atoms with Gasteiger partial charge in [0.1, 0.15) is 11.5 Å². The molecule has 0 aliphatic heterocycles. The highest BCUT2D eigenvalue weighted by Crippen LogP contribution is 2.33. The first-order chi connectivity index (χ1) is 15.7. The van der Waals surface area contributed by atoms with Gasteiger partial charge in [-0.15, -0.1) is 0 Å².